The van der Waals surface area contributed by atoms with Crippen molar-refractivity contribution < 1.29 is 4.79 Å². The van der Waals surface area contributed by atoms with E-state index in [0.717, 1.165) is 68.6 Å². The molecule has 0 saturated heterocycles. The summed E-state index contributed by atoms with van der Waals surface area (Å²) in [5.41, 5.74) is 2.34. The summed E-state index contributed by atoms with van der Waals surface area (Å²) in [7, 11) is 0. The first-order valence-corrected chi connectivity index (χ1v) is 11.9. The van der Waals surface area contributed by atoms with Crippen LogP contribution in [0.2, 0.25) is 0 Å². The Labute approximate surface area is 190 Å². The number of benzene rings is 1. The van der Waals surface area contributed by atoms with Crippen LogP contribution in [0.1, 0.15) is 63.2 Å². The van der Waals surface area contributed by atoms with E-state index in [0.29, 0.717) is 18.9 Å². The van der Waals surface area contributed by atoms with E-state index < -0.39 is 0 Å². The van der Waals surface area contributed by atoms with Crippen LogP contribution in [0, 0.1) is 0 Å². The van der Waals surface area contributed by atoms with Gasteiger partial charge in [0.05, 0.1) is 6.54 Å². The van der Waals surface area contributed by atoms with Gasteiger partial charge < -0.3 is 15.5 Å². The Balaban J connectivity index is 1.27. The van der Waals surface area contributed by atoms with Crippen LogP contribution in [0.25, 0.3) is 0 Å². The lowest BCUT2D eigenvalue weighted by atomic mass is 10.1. The number of nitrogens with zero attached hydrogens (tertiary/aromatic N) is 5. The summed E-state index contributed by atoms with van der Waals surface area (Å²) in [6.07, 6.45) is 4.13. The molecule has 2 aromatic rings. The number of carbonyl (C=O) groups is 1. The number of nitrogens with one attached hydrogen (secondary N) is 2. The molecule has 32 heavy (non-hydrogen) atoms. The lowest BCUT2D eigenvalue weighted by molar-refractivity contribution is -0.118. The second kappa shape index (κ2) is 10.1. The summed E-state index contributed by atoms with van der Waals surface area (Å²) in [4.78, 5) is 24.0. The molecular weight excluding hydrogens is 402 g/mol. The second-order valence-electron chi connectivity index (χ2n) is 8.89. The number of aryl methyl sites for hydroxylation is 1. The highest BCUT2D eigenvalue weighted by atomic mass is 16.2. The Morgan fingerprint density at radius 2 is 2.12 bits per heavy atom. The van der Waals surface area contributed by atoms with Gasteiger partial charge in [0.1, 0.15) is 5.82 Å². The van der Waals surface area contributed by atoms with Crippen molar-refractivity contribution in [1.29, 1.82) is 0 Å². The fourth-order valence-corrected chi connectivity index (χ4v) is 4.36. The minimum Gasteiger partial charge on any atom is -0.357 e. The predicted octanol–water partition coefficient (Wildman–Crippen LogP) is 2.64. The number of para-hydroxylation sites is 1. The highest BCUT2D eigenvalue weighted by Gasteiger charge is 2.24. The number of hydrogen-bond donors (Lipinski definition) is 2. The number of rotatable bonds is 7. The Kier molecular flexibility index (Phi) is 7.07. The first-order chi connectivity index (χ1) is 15.5. The Bertz CT molecular complexity index is 965. The summed E-state index contributed by atoms with van der Waals surface area (Å²) in [5.74, 6) is 3.34. The number of amides is 1. The first kappa shape index (κ1) is 22.3. The minimum atomic E-state index is 0.190. The van der Waals surface area contributed by atoms with E-state index in [2.05, 4.69) is 47.6 Å². The Morgan fingerprint density at radius 3 is 2.94 bits per heavy atom. The van der Waals surface area contributed by atoms with Crippen molar-refractivity contribution in [3.8, 4) is 0 Å². The Morgan fingerprint density at radius 1 is 1.28 bits per heavy atom. The molecule has 3 heterocycles. The fourth-order valence-electron chi connectivity index (χ4n) is 4.36. The summed E-state index contributed by atoms with van der Waals surface area (Å²) in [6.45, 7) is 9.32. The number of anilines is 1. The van der Waals surface area contributed by atoms with E-state index in [1.165, 1.54) is 5.56 Å². The van der Waals surface area contributed by atoms with Crippen LogP contribution < -0.4 is 15.5 Å². The molecule has 172 valence electrons. The van der Waals surface area contributed by atoms with Gasteiger partial charge >= 0.3 is 0 Å². The van der Waals surface area contributed by atoms with Gasteiger partial charge in [0.2, 0.25) is 5.91 Å². The molecule has 1 aromatic heterocycles. The Hall–Kier alpha value is -2.90. The van der Waals surface area contributed by atoms with E-state index in [1.807, 2.05) is 27.8 Å². The molecule has 8 nitrogen and oxygen atoms in total. The number of fused-ring (bicyclic) bond motifs is 2. The zero-order valence-corrected chi connectivity index (χ0v) is 19.5. The average Bonchev–Trinajstić information content (AvgIpc) is 3.41. The van der Waals surface area contributed by atoms with Crippen LogP contribution in [0.4, 0.5) is 5.69 Å². The largest absolute Gasteiger partial charge is 0.357 e. The van der Waals surface area contributed by atoms with E-state index >= 15 is 0 Å². The number of carbonyl (C=O) groups excluding carboxylic acids is 1. The maximum atomic E-state index is 12.7. The smallest absolute Gasteiger partial charge is 0.227 e. The molecular formula is C24H35N7O. The molecule has 1 atom stereocenters. The van der Waals surface area contributed by atoms with Gasteiger partial charge in [0.15, 0.2) is 11.8 Å². The van der Waals surface area contributed by atoms with Gasteiger partial charge in [-0.25, -0.2) is 9.67 Å². The molecule has 0 radical (unpaired) electrons. The van der Waals surface area contributed by atoms with Gasteiger partial charge in [0.25, 0.3) is 0 Å². The second-order valence-corrected chi connectivity index (χ2v) is 8.89. The first-order valence-electron chi connectivity index (χ1n) is 11.9. The molecule has 0 bridgehead atoms. The number of guanidine groups is 1. The third-order valence-corrected chi connectivity index (χ3v) is 6.08. The molecule has 8 heteroatoms. The lowest BCUT2D eigenvalue weighted by Gasteiger charge is -2.25. The minimum absolute atomic E-state index is 0.190. The SMILES string of the molecule is CCNC(=NCCCC(=O)N1CCc2ccccc21)NC1CCc2nc(C(C)C)nn2C1. The number of aliphatic imine (C=N–C) groups is 1. The molecule has 0 saturated carbocycles. The monoisotopic (exact) mass is 437 g/mol. The molecule has 1 amide bonds. The van der Waals surface area contributed by atoms with Crippen LogP contribution in [0.5, 0.6) is 0 Å². The summed E-state index contributed by atoms with van der Waals surface area (Å²) >= 11 is 0. The highest BCUT2D eigenvalue weighted by Crippen LogP contribution is 2.28. The molecule has 1 aromatic carbocycles. The van der Waals surface area contributed by atoms with Gasteiger partial charge in [-0.2, -0.15) is 5.10 Å². The fraction of sp³-hybridized carbons (Fsp3) is 0.583. The van der Waals surface area contributed by atoms with Crippen molar-refractivity contribution in [2.45, 2.75) is 71.4 Å². The van der Waals surface area contributed by atoms with Crippen molar-refractivity contribution >= 4 is 17.6 Å². The molecule has 4 rings (SSSR count). The average molecular weight is 438 g/mol. The van der Waals surface area contributed by atoms with Gasteiger partial charge in [0, 0.05) is 50.1 Å². The van der Waals surface area contributed by atoms with E-state index in [9.17, 15) is 4.79 Å². The van der Waals surface area contributed by atoms with Crippen molar-refractivity contribution in [2.75, 3.05) is 24.5 Å². The standard InChI is InChI=1S/C24H35N7O/c1-4-25-24(27-19-11-12-21-28-23(17(2)3)29-31(21)16-19)26-14-7-10-22(32)30-15-13-18-8-5-6-9-20(18)30/h5-6,8-9,17,19H,4,7,10-16H2,1-3H3,(H2,25,26,27). The van der Waals surface area contributed by atoms with E-state index in [-0.39, 0.29) is 11.9 Å². The third-order valence-electron chi connectivity index (χ3n) is 6.08. The van der Waals surface area contributed by atoms with Crippen molar-refractivity contribution in [3.63, 3.8) is 0 Å². The van der Waals surface area contributed by atoms with Crippen molar-refractivity contribution in [2.24, 2.45) is 4.99 Å². The van der Waals surface area contributed by atoms with Crippen LogP contribution in [0.3, 0.4) is 0 Å². The maximum Gasteiger partial charge on any atom is 0.227 e. The molecule has 0 spiro atoms. The summed E-state index contributed by atoms with van der Waals surface area (Å²) in [5, 5.41) is 11.5. The topological polar surface area (TPSA) is 87.4 Å². The van der Waals surface area contributed by atoms with Gasteiger partial charge in [-0.15, -0.1) is 0 Å². The van der Waals surface area contributed by atoms with Crippen molar-refractivity contribution in [1.82, 2.24) is 25.4 Å². The van der Waals surface area contributed by atoms with Crippen LogP contribution >= 0.6 is 0 Å². The van der Waals surface area contributed by atoms with Gasteiger partial charge in [-0.3, -0.25) is 9.79 Å². The highest BCUT2D eigenvalue weighted by molar-refractivity contribution is 5.95. The molecule has 0 aliphatic carbocycles. The normalized spacial score (nSPS) is 17.9. The van der Waals surface area contributed by atoms with E-state index in [1.54, 1.807) is 0 Å². The lowest BCUT2D eigenvalue weighted by Crippen LogP contribution is -2.47. The third kappa shape index (κ3) is 5.11. The van der Waals surface area contributed by atoms with Crippen LogP contribution in [-0.4, -0.2) is 52.3 Å². The predicted molar refractivity (Wildman–Crippen MR) is 127 cm³/mol. The zero-order chi connectivity index (χ0) is 22.5. The maximum absolute atomic E-state index is 12.7. The van der Waals surface area contributed by atoms with Crippen LogP contribution in [-0.2, 0) is 24.2 Å². The number of hydrogen-bond acceptors (Lipinski definition) is 4. The summed E-state index contributed by atoms with van der Waals surface area (Å²) in [6, 6.07) is 8.46. The molecule has 2 aliphatic rings. The zero-order valence-electron chi connectivity index (χ0n) is 19.5. The van der Waals surface area contributed by atoms with Gasteiger partial charge in [-0.1, -0.05) is 32.0 Å². The molecule has 1 unspecified atom stereocenters. The molecule has 2 aliphatic heterocycles. The molecule has 2 N–H and O–H groups in total. The summed E-state index contributed by atoms with van der Waals surface area (Å²) < 4.78 is 2.03. The van der Waals surface area contributed by atoms with Gasteiger partial charge in [-0.05, 0) is 37.8 Å². The van der Waals surface area contributed by atoms with Crippen LogP contribution in [0.15, 0.2) is 29.3 Å². The van der Waals surface area contributed by atoms with Crippen molar-refractivity contribution in [3.05, 3.63) is 41.5 Å². The van der Waals surface area contributed by atoms with E-state index in [4.69, 9.17) is 4.99 Å². The number of aromatic nitrogens is 3. The molecule has 0 fully saturated rings. The quantitative estimate of drug-likeness (QED) is 0.395.